The predicted octanol–water partition coefficient (Wildman–Crippen LogP) is 3.07. The van der Waals surface area contributed by atoms with Crippen LogP contribution in [0.5, 0.6) is 0 Å². The largest absolute Gasteiger partial charge is 0.472 e. The predicted molar refractivity (Wildman–Crippen MR) is 67.8 cm³/mol. The molecule has 2 heterocycles. The van der Waals surface area contributed by atoms with Crippen LogP contribution >= 0.6 is 0 Å². The monoisotopic (exact) mass is 230 g/mol. The molecule has 0 aliphatic rings. The average molecular weight is 230 g/mol. The van der Waals surface area contributed by atoms with Gasteiger partial charge in [0.2, 0.25) is 0 Å². The van der Waals surface area contributed by atoms with Crippen LogP contribution in [0.1, 0.15) is 36.2 Å². The maximum atomic E-state index is 5.17. The average Bonchev–Trinajstić information content (AvgIpc) is 2.83. The molecule has 90 valence electrons. The summed E-state index contributed by atoms with van der Waals surface area (Å²) in [6.45, 7) is 5.16. The Bertz CT molecular complexity index is 451. The van der Waals surface area contributed by atoms with E-state index in [0.29, 0.717) is 0 Å². The summed E-state index contributed by atoms with van der Waals surface area (Å²) in [5.41, 5.74) is 3.42. The second kappa shape index (κ2) is 5.64. The van der Waals surface area contributed by atoms with E-state index in [1.165, 1.54) is 5.56 Å². The summed E-state index contributed by atoms with van der Waals surface area (Å²) in [4.78, 5) is 4.23. The van der Waals surface area contributed by atoms with E-state index in [0.717, 1.165) is 24.2 Å². The normalized spacial score (nSPS) is 12.6. The maximum absolute atomic E-state index is 5.17. The summed E-state index contributed by atoms with van der Waals surface area (Å²) in [5, 5.41) is 3.53. The smallest absolute Gasteiger partial charge is 0.0953 e. The molecule has 17 heavy (non-hydrogen) atoms. The van der Waals surface area contributed by atoms with Crippen molar-refractivity contribution in [3.8, 4) is 0 Å². The number of aryl methyl sites for hydroxylation is 1. The summed E-state index contributed by atoms with van der Waals surface area (Å²) < 4.78 is 5.17. The van der Waals surface area contributed by atoms with Gasteiger partial charge in [0.1, 0.15) is 0 Å². The SMILES string of the molecule is CCCNC(c1ccoc1)c1ccnc(C)c1. The highest BCUT2D eigenvalue weighted by Crippen LogP contribution is 2.22. The molecule has 0 aliphatic carbocycles. The maximum Gasteiger partial charge on any atom is 0.0953 e. The molecule has 0 spiro atoms. The van der Waals surface area contributed by atoms with Crippen molar-refractivity contribution >= 4 is 0 Å². The Hall–Kier alpha value is -1.61. The van der Waals surface area contributed by atoms with Gasteiger partial charge in [0.15, 0.2) is 0 Å². The number of hydrogen-bond acceptors (Lipinski definition) is 3. The van der Waals surface area contributed by atoms with E-state index < -0.39 is 0 Å². The number of nitrogens with one attached hydrogen (secondary N) is 1. The molecule has 0 aromatic carbocycles. The molecule has 0 amide bonds. The first-order valence-electron chi connectivity index (χ1n) is 5.99. The van der Waals surface area contributed by atoms with Crippen LogP contribution in [0.25, 0.3) is 0 Å². The van der Waals surface area contributed by atoms with Crippen molar-refractivity contribution in [1.82, 2.24) is 10.3 Å². The Morgan fingerprint density at radius 3 is 2.88 bits per heavy atom. The van der Waals surface area contributed by atoms with Crippen LogP contribution in [-0.2, 0) is 0 Å². The summed E-state index contributed by atoms with van der Waals surface area (Å²) in [6, 6.07) is 6.35. The third-order valence-electron chi connectivity index (χ3n) is 2.73. The van der Waals surface area contributed by atoms with Gasteiger partial charge in [0.05, 0.1) is 18.6 Å². The lowest BCUT2D eigenvalue weighted by molar-refractivity contribution is 0.548. The number of aromatic nitrogens is 1. The molecule has 3 heteroatoms. The molecular weight excluding hydrogens is 212 g/mol. The number of pyridine rings is 1. The minimum absolute atomic E-state index is 0.190. The van der Waals surface area contributed by atoms with Gasteiger partial charge in [0.25, 0.3) is 0 Å². The summed E-state index contributed by atoms with van der Waals surface area (Å²) in [6.07, 6.45) is 6.47. The Morgan fingerprint density at radius 2 is 2.24 bits per heavy atom. The molecule has 1 unspecified atom stereocenters. The molecule has 0 fully saturated rings. The molecule has 0 radical (unpaired) electrons. The first-order valence-corrected chi connectivity index (χ1v) is 5.99. The van der Waals surface area contributed by atoms with Gasteiger partial charge < -0.3 is 9.73 Å². The quantitative estimate of drug-likeness (QED) is 0.857. The minimum Gasteiger partial charge on any atom is -0.472 e. The molecule has 0 saturated heterocycles. The van der Waals surface area contributed by atoms with Crippen molar-refractivity contribution in [3.63, 3.8) is 0 Å². The second-order valence-corrected chi connectivity index (χ2v) is 4.17. The number of rotatable bonds is 5. The van der Waals surface area contributed by atoms with Crippen LogP contribution in [0.4, 0.5) is 0 Å². The minimum atomic E-state index is 0.190. The van der Waals surface area contributed by atoms with Crippen LogP contribution in [-0.4, -0.2) is 11.5 Å². The lowest BCUT2D eigenvalue weighted by Crippen LogP contribution is -2.22. The summed E-state index contributed by atoms with van der Waals surface area (Å²) in [7, 11) is 0. The van der Waals surface area contributed by atoms with Crippen LogP contribution in [0.2, 0.25) is 0 Å². The van der Waals surface area contributed by atoms with Crippen LogP contribution in [0, 0.1) is 6.92 Å². The van der Waals surface area contributed by atoms with Crippen molar-refractivity contribution < 1.29 is 4.42 Å². The van der Waals surface area contributed by atoms with Gasteiger partial charge >= 0.3 is 0 Å². The summed E-state index contributed by atoms with van der Waals surface area (Å²) >= 11 is 0. The fourth-order valence-corrected chi connectivity index (χ4v) is 1.90. The summed E-state index contributed by atoms with van der Waals surface area (Å²) in [5.74, 6) is 0. The van der Waals surface area contributed by atoms with E-state index in [-0.39, 0.29) is 6.04 Å². The molecule has 0 aliphatic heterocycles. The standard InChI is InChI=1S/C14H18N2O/c1-3-6-16-14(13-5-8-17-10-13)12-4-7-15-11(2)9-12/h4-5,7-10,14,16H,3,6H2,1-2H3. The molecule has 1 N–H and O–H groups in total. The van der Waals surface area contributed by atoms with E-state index in [1.807, 2.05) is 25.3 Å². The Morgan fingerprint density at radius 1 is 1.35 bits per heavy atom. The third kappa shape index (κ3) is 2.94. The van der Waals surface area contributed by atoms with Crippen molar-refractivity contribution in [2.75, 3.05) is 6.54 Å². The fraction of sp³-hybridized carbons (Fsp3) is 0.357. The molecule has 0 bridgehead atoms. The molecular formula is C14H18N2O. The van der Waals surface area contributed by atoms with Crippen molar-refractivity contribution in [2.45, 2.75) is 26.3 Å². The molecule has 0 saturated carbocycles. The lowest BCUT2D eigenvalue weighted by Gasteiger charge is -2.17. The first-order chi connectivity index (χ1) is 8.31. The zero-order chi connectivity index (χ0) is 12.1. The Labute approximate surface area is 102 Å². The van der Waals surface area contributed by atoms with Gasteiger partial charge in [0, 0.05) is 17.5 Å². The first kappa shape index (κ1) is 11.9. The number of hydrogen-bond donors (Lipinski definition) is 1. The molecule has 3 nitrogen and oxygen atoms in total. The van der Waals surface area contributed by atoms with Crippen molar-refractivity contribution in [1.29, 1.82) is 0 Å². The Balaban J connectivity index is 2.27. The van der Waals surface area contributed by atoms with Crippen molar-refractivity contribution in [2.24, 2.45) is 0 Å². The van der Waals surface area contributed by atoms with Gasteiger partial charge in [-0.15, -0.1) is 0 Å². The molecule has 2 rings (SSSR count). The van der Waals surface area contributed by atoms with Crippen LogP contribution < -0.4 is 5.32 Å². The lowest BCUT2D eigenvalue weighted by atomic mass is 10.0. The highest BCUT2D eigenvalue weighted by molar-refractivity contribution is 5.29. The molecule has 2 aromatic rings. The van der Waals surface area contributed by atoms with Gasteiger partial charge in [-0.3, -0.25) is 4.98 Å². The third-order valence-corrected chi connectivity index (χ3v) is 2.73. The van der Waals surface area contributed by atoms with Gasteiger partial charge in [-0.2, -0.15) is 0 Å². The van der Waals surface area contributed by atoms with E-state index >= 15 is 0 Å². The fourth-order valence-electron chi connectivity index (χ4n) is 1.90. The number of nitrogens with zero attached hydrogens (tertiary/aromatic N) is 1. The second-order valence-electron chi connectivity index (χ2n) is 4.17. The van der Waals surface area contributed by atoms with E-state index in [1.54, 1.807) is 12.5 Å². The molecule has 2 aromatic heterocycles. The van der Waals surface area contributed by atoms with Crippen LogP contribution in [0.3, 0.4) is 0 Å². The highest BCUT2D eigenvalue weighted by atomic mass is 16.3. The zero-order valence-corrected chi connectivity index (χ0v) is 10.3. The zero-order valence-electron chi connectivity index (χ0n) is 10.3. The van der Waals surface area contributed by atoms with Gasteiger partial charge in [-0.25, -0.2) is 0 Å². The topological polar surface area (TPSA) is 38.1 Å². The van der Waals surface area contributed by atoms with Crippen molar-refractivity contribution in [3.05, 3.63) is 53.7 Å². The number of furan rings is 1. The van der Waals surface area contributed by atoms with Gasteiger partial charge in [-0.1, -0.05) is 6.92 Å². The van der Waals surface area contributed by atoms with Crippen LogP contribution in [0.15, 0.2) is 41.3 Å². The van der Waals surface area contributed by atoms with E-state index in [9.17, 15) is 0 Å². The Kier molecular flexibility index (Phi) is 3.94. The van der Waals surface area contributed by atoms with E-state index in [4.69, 9.17) is 4.42 Å². The highest BCUT2D eigenvalue weighted by Gasteiger charge is 2.14. The van der Waals surface area contributed by atoms with Gasteiger partial charge in [-0.05, 0) is 43.7 Å². The molecule has 1 atom stereocenters. The van der Waals surface area contributed by atoms with E-state index in [2.05, 4.69) is 23.3 Å².